The molecule has 3 rings (SSSR count). The molecule has 2 atom stereocenters. The molecule has 0 bridgehead atoms. The zero-order chi connectivity index (χ0) is 24.5. The number of carbonyl (C=O) groups is 2. The molecule has 0 aliphatic carbocycles. The normalized spacial score (nSPS) is 12.9. The molecule has 34 heavy (non-hydrogen) atoms. The predicted molar refractivity (Wildman–Crippen MR) is 134 cm³/mol. The lowest BCUT2D eigenvalue weighted by molar-refractivity contribution is -0.124. The summed E-state index contributed by atoms with van der Waals surface area (Å²) in [5, 5.41) is 23.2. The molecule has 0 aliphatic rings. The van der Waals surface area contributed by atoms with E-state index in [1.165, 1.54) is 6.08 Å². The van der Waals surface area contributed by atoms with Crippen molar-refractivity contribution in [1.82, 2.24) is 5.48 Å². The van der Waals surface area contributed by atoms with Crippen LogP contribution in [0.25, 0.3) is 10.8 Å². The Morgan fingerprint density at radius 3 is 2.44 bits per heavy atom. The van der Waals surface area contributed by atoms with Crippen LogP contribution in [-0.2, 0) is 9.53 Å². The molecule has 178 valence electrons. The van der Waals surface area contributed by atoms with Crippen LogP contribution in [-0.4, -0.2) is 28.6 Å². The summed E-state index contributed by atoms with van der Waals surface area (Å²) < 4.78 is 5.93. The van der Waals surface area contributed by atoms with Crippen molar-refractivity contribution in [3.63, 3.8) is 0 Å². The Morgan fingerprint density at radius 1 is 1.06 bits per heavy atom. The highest BCUT2D eigenvalue weighted by atomic mass is 32.2. The fraction of sp³-hybridized carbons (Fsp3) is 0.231. The van der Waals surface area contributed by atoms with Crippen molar-refractivity contribution in [2.75, 3.05) is 11.6 Å². The molecule has 3 aromatic carbocycles. The average Bonchev–Trinajstić information content (AvgIpc) is 2.86. The van der Waals surface area contributed by atoms with Crippen LogP contribution >= 0.6 is 11.8 Å². The molecule has 0 spiro atoms. The number of hydroxylamine groups is 1. The topological polar surface area (TPSA) is 108 Å². The molecule has 0 heterocycles. The number of rotatable bonds is 9. The first-order chi connectivity index (χ1) is 16.4. The summed E-state index contributed by atoms with van der Waals surface area (Å²) in [7, 11) is 0. The van der Waals surface area contributed by atoms with Crippen molar-refractivity contribution >= 4 is 40.2 Å². The van der Waals surface area contributed by atoms with Crippen molar-refractivity contribution in [1.29, 1.82) is 0 Å². The van der Waals surface area contributed by atoms with Gasteiger partial charge in [0.05, 0.1) is 0 Å². The first-order valence-corrected chi connectivity index (χ1v) is 12.1. The van der Waals surface area contributed by atoms with Gasteiger partial charge in [-0.15, -0.1) is 11.8 Å². The molecule has 2 amide bonds. The Kier molecular flexibility index (Phi) is 8.95. The maximum Gasteiger partial charge on any atom is 0.412 e. The number of phenolic OH excluding ortho intramolecular Hbond substituents is 1. The number of fused-ring (bicyclic) bond motifs is 1. The standard InChI is InChI=1S/C26H28N2O5S/c1-17(7-3-6-10-24(30)28-32)25(22-15-16-23(29)21-9-5-4-8-20(21)22)33-26(31)27-18-11-13-19(34-2)14-12-18/h4-6,8-17,25,29,32H,3,7H2,1-2H3,(H,27,31)(H,28,30)/b10-6+/t17-,25-/m1/s1. The minimum Gasteiger partial charge on any atom is -0.507 e. The van der Waals surface area contributed by atoms with Gasteiger partial charge >= 0.3 is 6.09 Å². The Hall–Kier alpha value is -3.49. The Bertz CT molecular complexity index is 1160. The fourth-order valence-corrected chi connectivity index (χ4v) is 4.12. The lowest BCUT2D eigenvalue weighted by atomic mass is 9.89. The van der Waals surface area contributed by atoms with Crippen molar-refractivity contribution < 1.29 is 24.6 Å². The Labute approximate surface area is 202 Å². The number of anilines is 1. The lowest BCUT2D eigenvalue weighted by Crippen LogP contribution is -2.22. The van der Waals surface area contributed by atoms with Gasteiger partial charge in [0.15, 0.2) is 0 Å². The largest absolute Gasteiger partial charge is 0.507 e. The van der Waals surface area contributed by atoms with E-state index < -0.39 is 18.1 Å². The van der Waals surface area contributed by atoms with E-state index >= 15 is 0 Å². The van der Waals surface area contributed by atoms with Crippen LogP contribution < -0.4 is 10.8 Å². The number of aromatic hydroxyl groups is 1. The van der Waals surface area contributed by atoms with Gasteiger partial charge in [-0.05, 0) is 60.7 Å². The van der Waals surface area contributed by atoms with Crippen molar-refractivity contribution in [3.05, 3.63) is 78.4 Å². The number of thioether (sulfide) groups is 1. The van der Waals surface area contributed by atoms with Crippen LogP contribution in [0.15, 0.2) is 77.7 Å². The highest BCUT2D eigenvalue weighted by Crippen LogP contribution is 2.37. The van der Waals surface area contributed by atoms with Gasteiger partial charge in [0.1, 0.15) is 11.9 Å². The van der Waals surface area contributed by atoms with E-state index in [9.17, 15) is 14.7 Å². The minimum absolute atomic E-state index is 0.112. The second-order valence-electron chi connectivity index (χ2n) is 7.83. The molecule has 8 heteroatoms. The third-order valence-electron chi connectivity index (χ3n) is 5.50. The fourth-order valence-electron chi connectivity index (χ4n) is 3.72. The van der Waals surface area contributed by atoms with Gasteiger partial charge in [0.25, 0.3) is 5.91 Å². The molecule has 0 saturated carbocycles. The van der Waals surface area contributed by atoms with E-state index in [1.54, 1.807) is 35.5 Å². The molecule has 0 radical (unpaired) electrons. The highest BCUT2D eigenvalue weighted by molar-refractivity contribution is 7.98. The van der Waals surface area contributed by atoms with E-state index in [4.69, 9.17) is 9.94 Å². The number of benzene rings is 3. The summed E-state index contributed by atoms with van der Waals surface area (Å²) in [6.45, 7) is 1.97. The maximum absolute atomic E-state index is 12.8. The smallest absolute Gasteiger partial charge is 0.412 e. The molecule has 3 aromatic rings. The Balaban J connectivity index is 1.84. The summed E-state index contributed by atoms with van der Waals surface area (Å²) in [6, 6.07) is 18.3. The number of allylic oxidation sites excluding steroid dienone is 1. The number of carbonyl (C=O) groups excluding carboxylic acids is 2. The lowest BCUT2D eigenvalue weighted by Gasteiger charge is -2.26. The number of phenols is 1. The van der Waals surface area contributed by atoms with E-state index in [0.29, 0.717) is 23.9 Å². The molecule has 0 fully saturated rings. The van der Waals surface area contributed by atoms with Crippen molar-refractivity contribution in [3.8, 4) is 5.75 Å². The summed E-state index contributed by atoms with van der Waals surface area (Å²) in [5.74, 6) is -0.557. The third-order valence-corrected chi connectivity index (χ3v) is 6.24. The van der Waals surface area contributed by atoms with Gasteiger partial charge < -0.3 is 9.84 Å². The van der Waals surface area contributed by atoms with Crippen LogP contribution in [0.1, 0.15) is 31.4 Å². The van der Waals surface area contributed by atoms with Gasteiger partial charge in [-0.25, -0.2) is 10.3 Å². The SMILES string of the molecule is CSc1ccc(NC(=O)O[C@@H](c2ccc(O)c3ccccc23)[C@H](C)CC/C=C/C(=O)NO)cc1. The summed E-state index contributed by atoms with van der Waals surface area (Å²) in [4.78, 5) is 25.1. The average molecular weight is 481 g/mol. The van der Waals surface area contributed by atoms with Crippen LogP contribution in [0.2, 0.25) is 0 Å². The quantitative estimate of drug-likeness (QED) is 0.129. The van der Waals surface area contributed by atoms with Crippen LogP contribution in [0.4, 0.5) is 10.5 Å². The number of amides is 2. The molecule has 4 N–H and O–H groups in total. The van der Waals surface area contributed by atoms with Gasteiger partial charge in [-0.1, -0.05) is 43.3 Å². The highest BCUT2D eigenvalue weighted by Gasteiger charge is 2.26. The van der Waals surface area contributed by atoms with Gasteiger partial charge in [-0.2, -0.15) is 0 Å². The zero-order valence-electron chi connectivity index (χ0n) is 19.0. The van der Waals surface area contributed by atoms with Gasteiger partial charge in [0, 0.05) is 27.6 Å². The molecule has 0 aromatic heterocycles. The number of ether oxygens (including phenoxy) is 1. The van der Waals surface area contributed by atoms with E-state index in [-0.39, 0.29) is 11.7 Å². The molecule has 0 saturated heterocycles. The molecule has 7 nitrogen and oxygen atoms in total. The number of hydrogen-bond acceptors (Lipinski definition) is 6. The maximum atomic E-state index is 12.8. The van der Waals surface area contributed by atoms with Gasteiger partial charge in [0.2, 0.25) is 0 Å². The minimum atomic E-state index is -0.601. The number of nitrogens with one attached hydrogen (secondary N) is 2. The molecular formula is C26H28N2O5S. The second kappa shape index (κ2) is 12.1. The summed E-state index contributed by atoms with van der Waals surface area (Å²) >= 11 is 1.61. The number of hydrogen-bond donors (Lipinski definition) is 4. The van der Waals surface area contributed by atoms with Crippen LogP contribution in [0.5, 0.6) is 5.75 Å². The third kappa shape index (κ3) is 6.52. The predicted octanol–water partition coefficient (Wildman–Crippen LogP) is 6.04. The van der Waals surface area contributed by atoms with E-state index in [2.05, 4.69) is 5.32 Å². The van der Waals surface area contributed by atoms with Crippen molar-refractivity contribution in [2.24, 2.45) is 5.92 Å². The summed E-state index contributed by atoms with van der Waals surface area (Å²) in [5.41, 5.74) is 2.97. The molecule has 0 aliphatic heterocycles. The van der Waals surface area contributed by atoms with E-state index in [1.807, 2.05) is 61.7 Å². The second-order valence-corrected chi connectivity index (χ2v) is 8.71. The van der Waals surface area contributed by atoms with Crippen LogP contribution in [0, 0.1) is 5.92 Å². The summed E-state index contributed by atoms with van der Waals surface area (Å²) in [6.07, 6.45) is 4.87. The monoisotopic (exact) mass is 480 g/mol. The molecule has 0 unspecified atom stereocenters. The zero-order valence-corrected chi connectivity index (χ0v) is 19.8. The van der Waals surface area contributed by atoms with Crippen molar-refractivity contribution in [2.45, 2.75) is 30.8 Å². The molecular weight excluding hydrogens is 452 g/mol. The van der Waals surface area contributed by atoms with Crippen LogP contribution in [0.3, 0.4) is 0 Å². The van der Waals surface area contributed by atoms with E-state index in [0.717, 1.165) is 15.8 Å². The Morgan fingerprint density at radius 2 is 1.76 bits per heavy atom. The first-order valence-electron chi connectivity index (χ1n) is 10.9. The first kappa shape index (κ1) is 25.1. The van der Waals surface area contributed by atoms with Gasteiger partial charge in [-0.3, -0.25) is 15.3 Å².